The first-order valence-electron chi connectivity index (χ1n) is 10.8. The lowest BCUT2D eigenvalue weighted by molar-refractivity contribution is 0.0699. The first kappa shape index (κ1) is 19.7. The molecular weight excluding hydrogens is 356 g/mol. The van der Waals surface area contributed by atoms with Crippen molar-refractivity contribution in [1.29, 1.82) is 0 Å². The second-order valence-corrected chi connectivity index (χ2v) is 8.11. The van der Waals surface area contributed by atoms with Crippen molar-refractivity contribution in [2.45, 2.75) is 26.3 Å². The van der Waals surface area contributed by atoms with Gasteiger partial charge in [0.2, 0.25) is 0 Å². The summed E-state index contributed by atoms with van der Waals surface area (Å²) in [6, 6.07) is 25.0. The molecule has 3 heteroatoms. The van der Waals surface area contributed by atoms with Gasteiger partial charge in [-0.3, -0.25) is 9.69 Å². The molecule has 3 aromatic rings. The van der Waals surface area contributed by atoms with E-state index in [2.05, 4.69) is 60.4 Å². The molecule has 1 aliphatic rings. The van der Waals surface area contributed by atoms with Gasteiger partial charge in [0.25, 0.3) is 5.91 Å². The zero-order chi connectivity index (χ0) is 20.1. The standard InChI is InChI=1S/C26H30N2O/c1-2-28(26(29)25-13-12-23-10-6-7-11-24(23)18-25)20-22-14-16-27(17-15-22)19-21-8-4-3-5-9-21/h3-13,18,22H,2,14-17,19-20H2,1H3. The minimum absolute atomic E-state index is 0.157. The van der Waals surface area contributed by atoms with Crippen LogP contribution in [0.25, 0.3) is 10.8 Å². The van der Waals surface area contributed by atoms with Crippen LogP contribution in [0.3, 0.4) is 0 Å². The normalized spacial score (nSPS) is 15.5. The molecule has 0 spiro atoms. The van der Waals surface area contributed by atoms with Crippen LogP contribution in [0.15, 0.2) is 72.8 Å². The largest absolute Gasteiger partial charge is 0.339 e. The van der Waals surface area contributed by atoms with E-state index in [1.807, 2.05) is 29.2 Å². The molecule has 29 heavy (non-hydrogen) atoms. The highest BCUT2D eigenvalue weighted by atomic mass is 16.2. The van der Waals surface area contributed by atoms with E-state index in [1.165, 1.54) is 10.9 Å². The Hall–Kier alpha value is -2.65. The van der Waals surface area contributed by atoms with Crippen molar-refractivity contribution in [1.82, 2.24) is 9.80 Å². The number of hydrogen-bond donors (Lipinski definition) is 0. The van der Waals surface area contributed by atoms with E-state index in [1.54, 1.807) is 0 Å². The molecule has 0 radical (unpaired) electrons. The minimum atomic E-state index is 0.157. The highest BCUT2D eigenvalue weighted by Gasteiger charge is 2.23. The van der Waals surface area contributed by atoms with Crippen molar-refractivity contribution in [3.05, 3.63) is 83.9 Å². The summed E-state index contributed by atoms with van der Waals surface area (Å²) >= 11 is 0. The molecule has 0 aromatic heterocycles. The number of amides is 1. The van der Waals surface area contributed by atoms with Gasteiger partial charge in [0.1, 0.15) is 0 Å². The number of carbonyl (C=O) groups is 1. The van der Waals surface area contributed by atoms with Gasteiger partial charge in [-0.1, -0.05) is 60.7 Å². The Morgan fingerprint density at radius 2 is 1.62 bits per heavy atom. The van der Waals surface area contributed by atoms with E-state index in [9.17, 15) is 4.79 Å². The lowest BCUT2D eigenvalue weighted by Crippen LogP contribution is -2.40. The highest BCUT2D eigenvalue weighted by molar-refractivity contribution is 5.98. The second-order valence-electron chi connectivity index (χ2n) is 8.11. The number of benzene rings is 3. The fraction of sp³-hybridized carbons (Fsp3) is 0.346. The Morgan fingerprint density at radius 1 is 0.931 bits per heavy atom. The van der Waals surface area contributed by atoms with Crippen LogP contribution in [0.4, 0.5) is 0 Å². The molecule has 1 fully saturated rings. The Balaban J connectivity index is 1.34. The van der Waals surface area contributed by atoms with Crippen molar-refractivity contribution < 1.29 is 4.79 Å². The third-order valence-electron chi connectivity index (χ3n) is 6.10. The zero-order valence-corrected chi connectivity index (χ0v) is 17.3. The van der Waals surface area contributed by atoms with Crippen LogP contribution in [0.2, 0.25) is 0 Å². The lowest BCUT2D eigenvalue weighted by Gasteiger charge is -2.34. The molecule has 1 heterocycles. The SMILES string of the molecule is CCN(CC1CCN(Cc2ccccc2)CC1)C(=O)c1ccc2ccccc2c1. The molecule has 1 saturated heterocycles. The molecule has 0 unspecified atom stereocenters. The molecule has 1 aliphatic heterocycles. The molecule has 0 atom stereocenters. The number of rotatable bonds is 6. The Kier molecular flexibility index (Phi) is 6.26. The van der Waals surface area contributed by atoms with Gasteiger partial charge in [0, 0.05) is 25.2 Å². The van der Waals surface area contributed by atoms with Gasteiger partial charge in [-0.05, 0) is 67.2 Å². The summed E-state index contributed by atoms with van der Waals surface area (Å²) in [6.45, 7) is 6.96. The predicted molar refractivity (Wildman–Crippen MR) is 120 cm³/mol. The zero-order valence-electron chi connectivity index (χ0n) is 17.3. The molecule has 0 bridgehead atoms. The van der Waals surface area contributed by atoms with Gasteiger partial charge in [-0.2, -0.15) is 0 Å². The van der Waals surface area contributed by atoms with E-state index in [0.29, 0.717) is 5.92 Å². The van der Waals surface area contributed by atoms with Crippen molar-refractivity contribution in [3.63, 3.8) is 0 Å². The molecule has 0 N–H and O–H groups in total. The van der Waals surface area contributed by atoms with Crippen molar-refractivity contribution in [3.8, 4) is 0 Å². The van der Waals surface area contributed by atoms with Gasteiger partial charge < -0.3 is 4.90 Å². The van der Waals surface area contributed by atoms with E-state index >= 15 is 0 Å². The van der Waals surface area contributed by atoms with Gasteiger partial charge in [-0.15, -0.1) is 0 Å². The van der Waals surface area contributed by atoms with Gasteiger partial charge in [0.15, 0.2) is 0 Å². The molecular formula is C26H30N2O. The third-order valence-corrected chi connectivity index (χ3v) is 6.10. The molecule has 1 amide bonds. The van der Waals surface area contributed by atoms with Crippen molar-refractivity contribution in [2.24, 2.45) is 5.92 Å². The molecule has 0 aliphatic carbocycles. The summed E-state index contributed by atoms with van der Waals surface area (Å²) in [5, 5.41) is 2.31. The lowest BCUT2D eigenvalue weighted by atomic mass is 9.95. The highest BCUT2D eigenvalue weighted by Crippen LogP contribution is 2.22. The van der Waals surface area contributed by atoms with Crippen molar-refractivity contribution >= 4 is 16.7 Å². The first-order chi connectivity index (χ1) is 14.2. The average Bonchev–Trinajstić information content (AvgIpc) is 2.78. The quantitative estimate of drug-likeness (QED) is 0.580. The Bertz CT molecular complexity index is 945. The minimum Gasteiger partial charge on any atom is -0.339 e. The fourth-order valence-electron chi connectivity index (χ4n) is 4.34. The van der Waals surface area contributed by atoms with Crippen LogP contribution < -0.4 is 0 Å². The molecule has 3 aromatic carbocycles. The molecule has 3 nitrogen and oxygen atoms in total. The van der Waals surface area contributed by atoms with E-state index in [-0.39, 0.29) is 5.91 Å². The summed E-state index contributed by atoms with van der Waals surface area (Å²) < 4.78 is 0. The number of likely N-dealkylation sites (tertiary alicyclic amines) is 1. The molecule has 4 rings (SSSR count). The summed E-state index contributed by atoms with van der Waals surface area (Å²) in [6.07, 6.45) is 2.32. The average molecular weight is 387 g/mol. The van der Waals surface area contributed by atoms with Gasteiger partial charge in [0.05, 0.1) is 0 Å². The summed E-state index contributed by atoms with van der Waals surface area (Å²) in [7, 11) is 0. The first-order valence-corrected chi connectivity index (χ1v) is 10.8. The summed E-state index contributed by atoms with van der Waals surface area (Å²) in [5.41, 5.74) is 2.18. The Morgan fingerprint density at radius 3 is 2.34 bits per heavy atom. The maximum atomic E-state index is 13.1. The van der Waals surface area contributed by atoms with E-state index < -0.39 is 0 Å². The number of hydrogen-bond acceptors (Lipinski definition) is 2. The number of nitrogens with zero attached hydrogens (tertiary/aromatic N) is 2. The second kappa shape index (κ2) is 9.23. The number of carbonyl (C=O) groups excluding carboxylic acids is 1. The third kappa shape index (κ3) is 4.86. The predicted octanol–water partition coefficient (Wildman–Crippen LogP) is 5.21. The fourth-order valence-corrected chi connectivity index (χ4v) is 4.34. The summed E-state index contributed by atoms with van der Waals surface area (Å²) in [4.78, 5) is 17.7. The topological polar surface area (TPSA) is 23.6 Å². The maximum Gasteiger partial charge on any atom is 0.253 e. The molecule has 0 saturated carbocycles. The van der Waals surface area contributed by atoms with Crippen LogP contribution in [-0.4, -0.2) is 41.9 Å². The Labute approximate surface area is 173 Å². The number of piperidine rings is 1. The van der Waals surface area contributed by atoms with Gasteiger partial charge >= 0.3 is 0 Å². The van der Waals surface area contributed by atoms with Crippen LogP contribution in [0, 0.1) is 5.92 Å². The van der Waals surface area contributed by atoms with Crippen LogP contribution in [0.5, 0.6) is 0 Å². The van der Waals surface area contributed by atoms with Crippen LogP contribution in [0.1, 0.15) is 35.7 Å². The smallest absolute Gasteiger partial charge is 0.253 e. The van der Waals surface area contributed by atoms with Crippen LogP contribution >= 0.6 is 0 Å². The van der Waals surface area contributed by atoms with Gasteiger partial charge in [-0.25, -0.2) is 0 Å². The van der Waals surface area contributed by atoms with Crippen LogP contribution in [-0.2, 0) is 6.54 Å². The number of fused-ring (bicyclic) bond motifs is 1. The monoisotopic (exact) mass is 386 g/mol. The van der Waals surface area contributed by atoms with E-state index in [4.69, 9.17) is 0 Å². The molecule has 150 valence electrons. The van der Waals surface area contributed by atoms with E-state index in [0.717, 1.165) is 56.5 Å². The van der Waals surface area contributed by atoms with Crippen molar-refractivity contribution in [2.75, 3.05) is 26.2 Å². The summed E-state index contributed by atoms with van der Waals surface area (Å²) in [5.74, 6) is 0.747. The maximum absolute atomic E-state index is 13.1.